The summed E-state index contributed by atoms with van der Waals surface area (Å²) in [6.07, 6.45) is 2.12. The van der Waals surface area contributed by atoms with E-state index in [1.165, 1.54) is 6.92 Å². The Balaban J connectivity index is 2.63. The van der Waals surface area contributed by atoms with Crippen LogP contribution in [0, 0.1) is 0 Å². The fourth-order valence-corrected chi connectivity index (χ4v) is 4.19. The molecule has 9 heteroatoms. The van der Waals surface area contributed by atoms with Crippen LogP contribution in [0.3, 0.4) is 0 Å². The minimum atomic E-state index is -0.802. The lowest BCUT2D eigenvalue weighted by Gasteiger charge is -2.15. The van der Waals surface area contributed by atoms with Gasteiger partial charge in [-0.15, -0.1) is 11.8 Å². The van der Waals surface area contributed by atoms with Crippen molar-refractivity contribution >= 4 is 48.6 Å². The van der Waals surface area contributed by atoms with E-state index in [0.717, 1.165) is 17.1 Å². The van der Waals surface area contributed by atoms with Crippen LogP contribution in [0.4, 0.5) is 0 Å². The van der Waals surface area contributed by atoms with Gasteiger partial charge in [0.15, 0.2) is 11.0 Å². The molecule has 0 aliphatic carbocycles. The summed E-state index contributed by atoms with van der Waals surface area (Å²) in [6.45, 7) is 8.26. The van der Waals surface area contributed by atoms with Crippen LogP contribution in [0.25, 0.3) is 0 Å². The Labute approximate surface area is 177 Å². The van der Waals surface area contributed by atoms with Gasteiger partial charge in [0.25, 0.3) is 11.8 Å². The Morgan fingerprint density at radius 1 is 1.14 bits per heavy atom. The second kappa shape index (κ2) is 12.6. The van der Waals surface area contributed by atoms with E-state index in [-0.39, 0.29) is 24.2 Å². The van der Waals surface area contributed by atoms with Crippen molar-refractivity contribution in [2.45, 2.75) is 25.5 Å². The van der Waals surface area contributed by atoms with Gasteiger partial charge in [-0.05, 0) is 63.4 Å². The third-order valence-electron chi connectivity index (χ3n) is 3.99. The number of hydrogen-bond donors (Lipinski definition) is 2. The molecule has 29 heavy (non-hydrogen) atoms. The summed E-state index contributed by atoms with van der Waals surface area (Å²) in [5.74, 6) is -1.18. The first kappa shape index (κ1) is 25.1. The van der Waals surface area contributed by atoms with Gasteiger partial charge in [-0.25, -0.2) is 0 Å². The van der Waals surface area contributed by atoms with Gasteiger partial charge in [-0.3, -0.25) is 19.2 Å². The van der Waals surface area contributed by atoms with Crippen molar-refractivity contribution in [3.05, 3.63) is 29.3 Å². The van der Waals surface area contributed by atoms with Gasteiger partial charge < -0.3 is 15.4 Å². The Bertz CT molecular complexity index is 754. The lowest BCUT2D eigenvalue weighted by molar-refractivity contribution is -0.144. The normalized spacial score (nSPS) is 11.7. The van der Waals surface area contributed by atoms with Crippen molar-refractivity contribution in [1.82, 2.24) is 10.6 Å². The minimum absolute atomic E-state index is 0.126. The predicted octanol–water partition coefficient (Wildman–Crippen LogP) is 1.79. The minimum Gasteiger partial charge on any atom is -0.464 e. The number of carbonyl (C=O) groups excluding carboxylic acids is 4. The van der Waals surface area contributed by atoms with Crippen LogP contribution in [0.15, 0.2) is 18.2 Å². The number of nitrogens with one attached hydrogen (secondary N) is 2. The molecule has 0 aliphatic rings. The number of benzene rings is 1. The highest BCUT2D eigenvalue weighted by Crippen LogP contribution is 2.26. The van der Waals surface area contributed by atoms with E-state index < -0.39 is 19.1 Å². The van der Waals surface area contributed by atoms with Gasteiger partial charge in [-0.2, -0.15) is 0 Å². The second-order valence-electron chi connectivity index (χ2n) is 6.49. The van der Waals surface area contributed by atoms with E-state index in [9.17, 15) is 19.2 Å². The molecule has 0 bridgehead atoms. The third-order valence-corrected chi connectivity index (χ3v) is 6.32. The first-order valence-corrected chi connectivity index (χ1v) is 12.8. The standard InChI is InChI=1S/C20H29N2O5PS/c1-6-21-18(24)14-8-9-15(16(12-14)28(3)4)19(25)22-10-7-11-27-20(26)17(29-5)13(2)23/h8-9,12,17H,6-7,10-11H2,1-5H3,(H,21,24)(H,22,25). The summed E-state index contributed by atoms with van der Waals surface area (Å²) < 4.78 is 5.10. The highest BCUT2D eigenvalue weighted by Gasteiger charge is 2.23. The number of carbonyl (C=O) groups is 4. The highest BCUT2D eigenvalue weighted by molar-refractivity contribution is 8.00. The molecule has 0 fully saturated rings. The number of ketones is 1. The lowest BCUT2D eigenvalue weighted by atomic mass is 10.1. The summed E-state index contributed by atoms with van der Waals surface area (Å²) in [5.41, 5.74) is 1.08. The van der Waals surface area contributed by atoms with Crippen molar-refractivity contribution in [2.24, 2.45) is 0 Å². The zero-order valence-corrected chi connectivity index (χ0v) is 19.2. The molecule has 160 valence electrons. The number of rotatable bonds is 11. The molecule has 0 heterocycles. The maximum absolute atomic E-state index is 12.6. The van der Waals surface area contributed by atoms with Gasteiger partial charge in [0.2, 0.25) is 0 Å². The summed E-state index contributed by atoms with van der Waals surface area (Å²) in [5, 5.41) is 5.63. The monoisotopic (exact) mass is 440 g/mol. The van der Waals surface area contributed by atoms with Gasteiger partial charge in [0.05, 0.1) is 6.61 Å². The number of esters is 1. The lowest BCUT2D eigenvalue weighted by Crippen LogP contribution is -2.31. The molecular formula is C20H29N2O5PS. The van der Waals surface area contributed by atoms with Crippen LogP contribution in [0.5, 0.6) is 0 Å². The van der Waals surface area contributed by atoms with Crippen LogP contribution >= 0.6 is 19.7 Å². The fraction of sp³-hybridized carbons (Fsp3) is 0.500. The first-order valence-electron chi connectivity index (χ1n) is 9.30. The van der Waals surface area contributed by atoms with Gasteiger partial charge in [-0.1, -0.05) is 7.92 Å². The molecule has 7 nitrogen and oxygen atoms in total. The number of ether oxygens (including phenoxy) is 1. The van der Waals surface area contributed by atoms with Crippen molar-refractivity contribution in [3.8, 4) is 0 Å². The number of Topliss-reactive ketones (excluding diaryl/α,β-unsaturated/α-hetero) is 1. The largest absolute Gasteiger partial charge is 0.464 e. The molecule has 2 N–H and O–H groups in total. The predicted molar refractivity (Wildman–Crippen MR) is 119 cm³/mol. The fourth-order valence-electron chi connectivity index (χ4n) is 2.54. The van der Waals surface area contributed by atoms with E-state index >= 15 is 0 Å². The Kier molecular flexibility index (Phi) is 10.9. The van der Waals surface area contributed by atoms with Crippen LogP contribution < -0.4 is 15.9 Å². The van der Waals surface area contributed by atoms with Crippen molar-refractivity contribution < 1.29 is 23.9 Å². The van der Waals surface area contributed by atoms with Crippen LogP contribution in [0.1, 0.15) is 41.0 Å². The van der Waals surface area contributed by atoms with E-state index in [1.54, 1.807) is 24.5 Å². The second-order valence-corrected chi connectivity index (χ2v) is 9.70. The smallest absolute Gasteiger partial charge is 0.326 e. The van der Waals surface area contributed by atoms with Gasteiger partial charge >= 0.3 is 5.97 Å². The van der Waals surface area contributed by atoms with Crippen LogP contribution in [-0.2, 0) is 14.3 Å². The average Bonchev–Trinajstić information content (AvgIpc) is 2.67. The topological polar surface area (TPSA) is 102 Å². The molecule has 1 aromatic rings. The van der Waals surface area contributed by atoms with E-state index in [2.05, 4.69) is 10.6 Å². The number of thioether (sulfide) groups is 1. The molecule has 0 radical (unpaired) electrons. The average molecular weight is 441 g/mol. The summed E-state index contributed by atoms with van der Waals surface area (Å²) in [7, 11) is -0.589. The molecule has 1 atom stereocenters. The van der Waals surface area contributed by atoms with E-state index in [1.807, 2.05) is 20.3 Å². The van der Waals surface area contributed by atoms with Crippen LogP contribution in [0.2, 0.25) is 0 Å². The highest BCUT2D eigenvalue weighted by atomic mass is 32.2. The molecule has 1 aromatic carbocycles. The first-order chi connectivity index (χ1) is 13.7. The summed E-state index contributed by atoms with van der Waals surface area (Å²) in [4.78, 5) is 47.7. The molecule has 0 spiro atoms. The molecule has 1 unspecified atom stereocenters. The molecular weight excluding hydrogens is 411 g/mol. The number of hydrogen-bond acceptors (Lipinski definition) is 6. The zero-order chi connectivity index (χ0) is 22.0. The quantitative estimate of drug-likeness (QED) is 0.235. The SMILES string of the molecule is CCNC(=O)c1ccc(C(=O)NCCCOC(=O)C(SC)C(C)=O)c(P(C)C)c1. The summed E-state index contributed by atoms with van der Waals surface area (Å²) >= 11 is 1.14. The molecule has 0 saturated heterocycles. The van der Waals surface area contributed by atoms with Crippen LogP contribution in [-0.4, -0.2) is 68.1 Å². The molecule has 1 rings (SSSR count). The summed E-state index contributed by atoms with van der Waals surface area (Å²) in [6, 6.07) is 5.10. The maximum Gasteiger partial charge on any atom is 0.326 e. The van der Waals surface area contributed by atoms with Gasteiger partial charge in [0, 0.05) is 24.2 Å². The van der Waals surface area contributed by atoms with Gasteiger partial charge in [0.1, 0.15) is 0 Å². The van der Waals surface area contributed by atoms with Crippen molar-refractivity contribution in [3.63, 3.8) is 0 Å². The van der Waals surface area contributed by atoms with Crippen molar-refractivity contribution in [2.75, 3.05) is 39.3 Å². The zero-order valence-electron chi connectivity index (χ0n) is 17.5. The third kappa shape index (κ3) is 7.78. The molecule has 0 aromatic heterocycles. The Morgan fingerprint density at radius 2 is 1.83 bits per heavy atom. The number of amides is 2. The Morgan fingerprint density at radius 3 is 2.38 bits per heavy atom. The maximum atomic E-state index is 12.6. The molecule has 2 amide bonds. The Hall–Kier alpha value is -1.92. The van der Waals surface area contributed by atoms with Crippen molar-refractivity contribution in [1.29, 1.82) is 0 Å². The molecule has 0 aliphatic heterocycles. The van der Waals surface area contributed by atoms with E-state index in [0.29, 0.717) is 30.6 Å². The molecule has 0 saturated carbocycles. The van der Waals surface area contributed by atoms with E-state index in [4.69, 9.17) is 4.74 Å².